The van der Waals surface area contributed by atoms with Crippen molar-refractivity contribution in [1.82, 2.24) is 0 Å². The van der Waals surface area contributed by atoms with Crippen molar-refractivity contribution >= 4 is 23.5 Å². The fourth-order valence-electron chi connectivity index (χ4n) is 2.41. The molecule has 0 aromatic rings. The lowest BCUT2D eigenvalue weighted by molar-refractivity contribution is 0.117. The Morgan fingerprint density at radius 2 is 1.25 bits per heavy atom. The zero-order valence-electron chi connectivity index (χ0n) is 15.2. The molecule has 0 radical (unpaired) electrons. The third-order valence-corrected chi connectivity index (χ3v) is 6.55. The molecular weight excluding hydrogens is 340 g/mol. The lowest BCUT2D eigenvalue weighted by Gasteiger charge is -2.04. The smallest absolute Gasteiger partial charge is 0.104 e. The first-order chi connectivity index (χ1) is 11.9. The van der Waals surface area contributed by atoms with Gasteiger partial charge in [-0.3, -0.25) is 0 Å². The summed E-state index contributed by atoms with van der Waals surface area (Å²) in [5.74, 6) is 6.07. The fraction of sp³-hybridized carbons (Fsp3) is 1.00. The molecule has 1 aliphatic carbocycles. The van der Waals surface area contributed by atoms with Gasteiger partial charge in [-0.15, -0.1) is 0 Å². The quantitative estimate of drug-likeness (QED) is 0.242. The zero-order chi connectivity index (χ0) is 16.7. The number of rotatable bonds is 19. The Labute approximate surface area is 157 Å². The Hall–Kier alpha value is 0.580. The summed E-state index contributed by atoms with van der Waals surface area (Å²) in [7, 11) is 0. The van der Waals surface area contributed by atoms with Crippen LogP contribution >= 0.6 is 23.5 Å². The van der Waals surface area contributed by atoms with Crippen LogP contribution in [0.15, 0.2) is 0 Å². The summed E-state index contributed by atoms with van der Waals surface area (Å²) in [4.78, 5) is 0. The summed E-state index contributed by atoms with van der Waals surface area (Å²) in [5.41, 5.74) is 0. The summed E-state index contributed by atoms with van der Waals surface area (Å²) in [6.45, 7) is 4.60. The zero-order valence-corrected chi connectivity index (χ0v) is 16.8. The Morgan fingerprint density at radius 3 is 1.79 bits per heavy atom. The molecule has 1 atom stereocenters. The second-order valence-electron chi connectivity index (χ2n) is 6.89. The molecule has 0 spiro atoms. The summed E-state index contributed by atoms with van der Waals surface area (Å²) in [6.07, 6.45) is 11.2. The van der Waals surface area contributed by atoms with E-state index in [-0.39, 0.29) is 0 Å². The predicted molar refractivity (Wildman–Crippen MR) is 106 cm³/mol. The van der Waals surface area contributed by atoms with Crippen LogP contribution in [0.3, 0.4) is 0 Å². The highest BCUT2D eigenvalue weighted by Gasteiger charge is 2.22. The Morgan fingerprint density at radius 1 is 0.708 bits per heavy atom. The second-order valence-corrected chi connectivity index (χ2v) is 9.34. The monoisotopic (exact) mass is 376 g/mol. The van der Waals surface area contributed by atoms with Gasteiger partial charge in [0.25, 0.3) is 0 Å². The molecule has 1 heterocycles. The van der Waals surface area contributed by atoms with Crippen molar-refractivity contribution < 1.29 is 14.2 Å². The van der Waals surface area contributed by atoms with E-state index in [4.69, 9.17) is 14.2 Å². The molecule has 1 saturated carbocycles. The van der Waals surface area contributed by atoms with Gasteiger partial charge in [-0.2, -0.15) is 23.5 Å². The molecule has 2 rings (SSSR count). The first-order valence-corrected chi connectivity index (χ1v) is 12.2. The van der Waals surface area contributed by atoms with Crippen molar-refractivity contribution in [2.75, 3.05) is 56.0 Å². The maximum atomic E-state index is 5.66. The van der Waals surface area contributed by atoms with Gasteiger partial charge in [-0.05, 0) is 67.5 Å². The van der Waals surface area contributed by atoms with Gasteiger partial charge in [-0.1, -0.05) is 12.8 Å². The van der Waals surface area contributed by atoms with Crippen LogP contribution in [0.2, 0.25) is 0 Å². The molecule has 3 nitrogen and oxygen atoms in total. The Kier molecular flexibility index (Phi) is 12.8. The molecular formula is C19H36O3S2. The third kappa shape index (κ3) is 13.8. The molecule has 2 aliphatic rings. The van der Waals surface area contributed by atoms with Gasteiger partial charge in [0, 0.05) is 19.8 Å². The van der Waals surface area contributed by atoms with E-state index < -0.39 is 0 Å². The molecule has 0 amide bonds. The van der Waals surface area contributed by atoms with E-state index >= 15 is 0 Å². The van der Waals surface area contributed by atoms with E-state index in [1.807, 2.05) is 0 Å². The normalized spacial score (nSPS) is 19.8. The Bertz CT molecular complexity index is 256. The minimum Gasteiger partial charge on any atom is -0.381 e. The highest BCUT2D eigenvalue weighted by Crippen LogP contribution is 2.28. The van der Waals surface area contributed by atoms with Crippen molar-refractivity contribution in [3.63, 3.8) is 0 Å². The van der Waals surface area contributed by atoms with Crippen LogP contribution in [0.25, 0.3) is 0 Å². The molecule has 0 aromatic heterocycles. The van der Waals surface area contributed by atoms with E-state index in [2.05, 4.69) is 23.5 Å². The van der Waals surface area contributed by atoms with Gasteiger partial charge in [0.15, 0.2) is 0 Å². The minimum absolute atomic E-state index is 0.413. The van der Waals surface area contributed by atoms with Gasteiger partial charge in [0.1, 0.15) is 6.10 Å². The minimum atomic E-state index is 0.413. The van der Waals surface area contributed by atoms with Gasteiger partial charge in [-0.25, -0.2) is 0 Å². The van der Waals surface area contributed by atoms with E-state index in [0.717, 1.165) is 39.0 Å². The van der Waals surface area contributed by atoms with E-state index in [1.165, 1.54) is 74.4 Å². The highest BCUT2D eigenvalue weighted by molar-refractivity contribution is 7.99. The molecule has 2 fully saturated rings. The first kappa shape index (κ1) is 20.9. The average Bonchev–Trinajstić information content (AvgIpc) is 3.48. The number of epoxide rings is 1. The van der Waals surface area contributed by atoms with Crippen molar-refractivity contribution in [3.05, 3.63) is 0 Å². The van der Waals surface area contributed by atoms with Crippen molar-refractivity contribution in [1.29, 1.82) is 0 Å². The van der Waals surface area contributed by atoms with Gasteiger partial charge < -0.3 is 14.2 Å². The van der Waals surface area contributed by atoms with Crippen molar-refractivity contribution in [2.24, 2.45) is 5.92 Å². The summed E-state index contributed by atoms with van der Waals surface area (Å²) in [5, 5.41) is 0. The van der Waals surface area contributed by atoms with E-state index in [1.54, 1.807) is 0 Å². The topological polar surface area (TPSA) is 31.0 Å². The van der Waals surface area contributed by atoms with Crippen LogP contribution in [0.1, 0.15) is 51.4 Å². The van der Waals surface area contributed by atoms with Crippen LogP contribution in [-0.4, -0.2) is 62.1 Å². The predicted octanol–water partition coefficient (Wildman–Crippen LogP) is 4.64. The molecule has 24 heavy (non-hydrogen) atoms. The SMILES string of the molecule is C(CCCSCCCOCC1CO1)CCSCCCOCC1CC1. The van der Waals surface area contributed by atoms with Gasteiger partial charge >= 0.3 is 0 Å². The molecule has 1 unspecified atom stereocenters. The highest BCUT2D eigenvalue weighted by atomic mass is 32.2. The lowest BCUT2D eigenvalue weighted by Crippen LogP contribution is -2.03. The van der Waals surface area contributed by atoms with Crippen LogP contribution < -0.4 is 0 Å². The van der Waals surface area contributed by atoms with Gasteiger partial charge in [0.2, 0.25) is 0 Å². The summed E-state index contributed by atoms with van der Waals surface area (Å²) >= 11 is 4.19. The van der Waals surface area contributed by atoms with Gasteiger partial charge in [0.05, 0.1) is 13.2 Å². The van der Waals surface area contributed by atoms with Crippen molar-refractivity contribution in [3.8, 4) is 0 Å². The maximum Gasteiger partial charge on any atom is 0.104 e. The number of thioether (sulfide) groups is 2. The molecule has 5 heteroatoms. The molecule has 1 saturated heterocycles. The Balaban J connectivity index is 1.15. The average molecular weight is 377 g/mol. The summed E-state index contributed by atoms with van der Waals surface area (Å²) in [6, 6.07) is 0. The number of hydrogen-bond acceptors (Lipinski definition) is 5. The van der Waals surface area contributed by atoms with Crippen LogP contribution in [-0.2, 0) is 14.2 Å². The third-order valence-electron chi connectivity index (χ3n) is 4.24. The van der Waals surface area contributed by atoms with Crippen LogP contribution in [0, 0.1) is 5.92 Å². The van der Waals surface area contributed by atoms with Crippen molar-refractivity contribution in [2.45, 2.75) is 57.5 Å². The summed E-state index contributed by atoms with van der Waals surface area (Å²) < 4.78 is 16.3. The fourth-order valence-corrected chi connectivity index (χ4v) is 4.27. The lowest BCUT2D eigenvalue weighted by atomic mass is 10.2. The largest absolute Gasteiger partial charge is 0.381 e. The second kappa shape index (κ2) is 14.7. The molecule has 0 aromatic carbocycles. The molecule has 1 aliphatic heterocycles. The van der Waals surface area contributed by atoms with Crippen LogP contribution in [0.4, 0.5) is 0 Å². The molecule has 0 N–H and O–H groups in total. The van der Waals surface area contributed by atoms with E-state index in [0.29, 0.717) is 6.10 Å². The van der Waals surface area contributed by atoms with Crippen LogP contribution in [0.5, 0.6) is 0 Å². The molecule has 0 bridgehead atoms. The number of unbranched alkanes of at least 4 members (excludes halogenated alkanes) is 3. The number of ether oxygens (including phenoxy) is 3. The standard InChI is InChI=1S/C19H36O3S2/c1(3-11-23-13-5-9-20-15-18-7-8-18)2-4-12-24-14-6-10-21-16-19-17-22-19/h18-19H,1-17H2. The molecule has 142 valence electrons. The first-order valence-electron chi connectivity index (χ1n) is 9.88. The van der Waals surface area contributed by atoms with E-state index in [9.17, 15) is 0 Å². The number of hydrogen-bond donors (Lipinski definition) is 0. The maximum absolute atomic E-state index is 5.66.